The Morgan fingerprint density at radius 2 is 1.63 bits per heavy atom. The first-order valence-electron chi connectivity index (χ1n) is 9.27. The average molecular weight is 426 g/mol. The smallest absolute Gasteiger partial charge is 0.281 e. The SMILES string of the molecule is Cc1cc(C)cc(C(=O)NCC(=O)NNC(=O)c2sc3nc(C)cc(C)c3c2N)c1. The van der Waals surface area contributed by atoms with Gasteiger partial charge in [-0.25, -0.2) is 4.98 Å². The molecule has 9 heteroatoms. The molecule has 2 heterocycles. The number of thiophene rings is 1. The summed E-state index contributed by atoms with van der Waals surface area (Å²) in [5.74, 6) is -1.47. The highest BCUT2D eigenvalue weighted by molar-refractivity contribution is 7.21. The minimum atomic E-state index is -0.564. The zero-order valence-electron chi connectivity index (χ0n) is 17.2. The molecular weight excluding hydrogens is 402 g/mol. The number of nitrogens with zero attached hydrogens (tertiary/aromatic N) is 1. The number of pyridine rings is 1. The monoisotopic (exact) mass is 425 g/mol. The van der Waals surface area contributed by atoms with E-state index in [1.54, 1.807) is 12.1 Å². The zero-order valence-corrected chi connectivity index (χ0v) is 18.0. The van der Waals surface area contributed by atoms with Gasteiger partial charge in [-0.1, -0.05) is 17.2 Å². The van der Waals surface area contributed by atoms with Gasteiger partial charge in [-0.2, -0.15) is 0 Å². The molecule has 1 aromatic carbocycles. The topological polar surface area (TPSA) is 126 Å². The molecule has 0 radical (unpaired) electrons. The van der Waals surface area contributed by atoms with Crippen molar-refractivity contribution in [1.82, 2.24) is 21.2 Å². The normalized spacial score (nSPS) is 10.7. The molecule has 30 heavy (non-hydrogen) atoms. The van der Waals surface area contributed by atoms with Crippen LogP contribution in [0, 0.1) is 27.7 Å². The standard InChI is InChI=1S/C21H23N5O3S/c1-10-5-11(2)7-14(6-10)19(28)23-9-15(27)25-26-20(29)18-17(22)16-12(3)8-13(4)24-21(16)30-18/h5-8H,9,22H2,1-4H3,(H,23,28)(H,25,27)(H,26,29). The van der Waals surface area contributed by atoms with Crippen molar-refractivity contribution in [3.05, 3.63) is 57.1 Å². The maximum atomic E-state index is 12.5. The van der Waals surface area contributed by atoms with Crippen LogP contribution in [-0.2, 0) is 4.79 Å². The number of nitrogens with one attached hydrogen (secondary N) is 3. The van der Waals surface area contributed by atoms with Crippen LogP contribution in [0.4, 0.5) is 5.69 Å². The van der Waals surface area contributed by atoms with Crippen LogP contribution in [0.3, 0.4) is 0 Å². The number of hydrogen-bond donors (Lipinski definition) is 4. The zero-order chi connectivity index (χ0) is 22.0. The van der Waals surface area contributed by atoms with E-state index in [1.165, 1.54) is 0 Å². The van der Waals surface area contributed by atoms with Crippen LogP contribution in [0.1, 0.15) is 42.4 Å². The van der Waals surface area contributed by atoms with Gasteiger partial charge >= 0.3 is 0 Å². The first-order chi connectivity index (χ1) is 14.2. The second kappa shape index (κ2) is 8.50. The Bertz CT molecular complexity index is 1150. The van der Waals surface area contributed by atoms with Crippen molar-refractivity contribution in [2.45, 2.75) is 27.7 Å². The Morgan fingerprint density at radius 3 is 2.30 bits per heavy atom. The van der Waals surface area contributed by atoms with E-state index in [9.17, 15) is 14.4 Å². The molecule has 0 spiro atoms. The summed E-state index contributed by atoms with van der Waals surface area (Å²) in [6.45, 7) is 7.28. The number of benzene rings is 1. The number of carbonyl (C=O) groups is 3. The molecule has 0 saturated carbocycles. The van der Waals surface area contributed by atoms with Crippen LogP contribution >= 0.6 is 11.3 Å². The number of hydrogen-bond acceptors (Lipinski definition) is 6. The molecular formula is C21H23N5O3S. The lowest BCUT2D eigenvalue weighted by atomic mass is 10.1. The number of rotatable bonds is 4. The van der Waals surface area contributed by atoms with Gasteiger partial charge in [-0.05, 0) is 51.5 Å². The molecule has 8 nitrogen and oxygen atoms in total. The van der Waals surface area contributed by atoms with E-state index in [0.29, 0.717) is 16.1 Å². The van der Waals surface area contributed by atoms with E-state index >= 15 is 0 Å². The van der Waals surface area contributed by atoms with Gasteiger partial charge in [0.1, 0.15) is 9.71 Å². The minimum absolute atomic E-state index is 0.269. The van der Waals surface area contributed by atoms with Crippen molar-refractivity contribution < 1.29 is 14.4 Å². The summed E-state index contributed by atoms with van der Waals surface area (Å²) in [4.78, 5) is 42.0. The number of hydrazine groups is 1. The fraction of sp³-hybridized carbons (Fsp3) is 0.238. The lowest BCUT2D eigenvalue weighted by molar-refractivity contribution is -0.120. The van der Waals surface area contributed by atoms with E-state index in [2.05, 4.69) is 21.2 Å². The van der Waals surface area contributed by atoms with Crippen molar-refractivity contribution in [2.75, 3.05) is 12.3 Å². The predicted molar refractivity (Wildman–Crippen MR) is 117 cm³/mol. The maximum Gasteiger partial charge on any atom is 0.281 e. The molecule has 3 rings (SSSR count). The highest BCUT2D eigenvalue weighted by Crippen LogP contribution is 2.34. The molecule has 156 valence electrons. The Morgan fingerprint density at radius 1 is 0.967 bits per heavy atom. The Kier molecular flexibility index (Phi) is 6.02. The Balaban J connectivity index is 1.59. The van der Waals surface area contributed by atoms with Gasteiger partial charge in [0.15, 0.2) is 0 Å². The van der Waals surface area contributed by atoms with E-state index in [1.807, 2.05) is 39.8 Å². The van der Waals surface area contributed by atoms with Gasteiger partial charge in [0, 0.05) is 16.6 Å². The fourth-order valence-electron chi connectivity index (χ4n) is 3.23. The molecule has 0 atom stereocenters. The number of amides is 3. The molecule has 2 aromatic heterocycles. The predicted octanol–water partition coefficient (Wildman–Crippen LogP) is 2.30. The van der Waals surface area contributed by atoms with Gasteiger partial charge in [0.2, 0.25) is 0 Å². The van der Waals surface area contributed by atoms with Crippen molar-refractivity contribution in [3.8, 4) is 0 Å². The third-order valence-corrected chi connectivity index (χ3v) is 5.54. The Hall–Kier alpha value is -3.46. The summed E-state index contributed by atoms with van der Waals surface area (Å²) in [5.41, 5.74) is 15.2. The van der Waals surface area contributed by atoms with Crippen molar-refractivity contribution in [3.63, 3.8) is 0 Å². The first kappa shape index (κ1) is 21.3. The highest BCUT2D eigenvalue weighted by atomic mass is 32.1. The summed E-state index contributed by atoms with van der Waals surface area (Å²) < 4.78 is 0. The van der Waals surface area contributed by atoms with Crippen LogP contribution in [0.2, 0.25) is 0 Å². The summed E-state index contributed by atoms with van der Waals surface area (Å²) >= 11 is 1.16. The Labute approximate surface area is 177 Å². The maximum absolute atomic E-state index is 12.5. The van der Waals surface area contributed by atoms with Crippen LogP contribution in [0.15, 0.2) is 24.3 Å². The average Bonchev–Trinajstić information content (AvgIpc) is 2.99. The van der Waals surface area contributed by atoms with Crippen LogP contribution < -0.4 is 21.9 Å². The lowest BCUT2D eigenvalue weighted by Crippen LogP contribution is -2.46. The molecule has 0 unspecified atom stereocenters. The van der Waals surface area contributed by atoms with Gasteiger partial charge in [-0.3, -0.25) is 25.2 Å². The van der Waals surface area contributed by atoms with Gasteiger partial charge in [0.05, 0.1) is 12.2 Å². The number of nitrogens with two attached hydrogens (primary N) is 1. The van der Waals surface area contributed by atoms with Crippen molar-refractivity contribution >= 4 is 45.0 Å². The summed E-state index contributed by atoms with van der Waals surface area (Å²) in [5, 5.41) is 3.27. The molecule has 5 N–H and O–H groups in total. The quantitative estimate of drug-likeness (QED) is 0.477. The van der Waals surface area contributed by atoms with Gasteiger partial charge in [0.25, 0.3) is 17.7 Å². The number of nitrogen functional groups attached to an aromatic ring is 1. The molecule has 0 saturated heterocycles. The van der Waals surface area contributed by atoms with Crippen molar-refractivity contribution in [2.24, 2.45) is 0 Å². The molecule has 3 aromatic rings. The van der Waals surface area contributed by atoms with Crippen LogP contribution in [-0.4, -0.2) is 29.3 Å². The third-order valence-electron chi connectivity index (χ3n) is 4.44. The van der Waals surface area contributed by atoms with Crippen molar-refractivity contribution in [1.29, 1.82) is 0 Å². The number of aromatic nitrogens is 1. The van der Waals surface area contributed by atoms with Gasteiger partial charge < -0.3 is 11.1 Å². The summed E-state index contributed by atoms with van der Waals surface area (Å²) in [6, 6.07) is 7.33. The number of aryl methyl sites for hydroxylation is 4. The molecule has 0 aliphatic rings. The molecule has 3 amide bonds. The second-order valence-electron chi connectivity index (χ2n) is 7.17. The highest BCUT2D eigenvalue weighted by Gasteiger charge is 2.19. The summed E-state index contributed by atoms with van der Waals surface area (Å²) in [7, 11) is 0. The first-order valence-corrected chi connectivity index (χ1v) is 10.1. The number of fused-ring (bicyclic) bond motifs is 1. The summed E-state index contributed by atoms with van der Waals surface area (Å²) in [6.07, 6.45) is 0. The third kappa shape index (κ3) is 4.57. The molecule has 0 bridgehead atoms. The molecule has 0 fully saturated rings. The molecule has 0 aliphatic heterocycles. The number of anilines is 1. The lowest BCUT2D eigenvalue weighted by Gasteiger charge is -2.09. The van der Waals surface area contributed by atoms with Crippen LogP contribution in [0.5, 0.6) is 0 Å². The van der Waals surface area contributed by atoms with E-state index in [-0.39, 0.29) is 17.3 Å². The molecule has 0 aliphatic carbocycles. The van der Waals surface area contributed by atoms with Gasteiger partial charge in [-0.15, -0.1) is 11.3 Å². The van der Waals surface area contributed by atoms with E-state index in [0.717, 1.165) is 39.1 Å². The fourth-order valence-corrected chi connectivity index (χ4v) is 4.35. The van der Waals surface area contributed by atoms with E-state index < -0.39 is 11.8 Å². The van der Waals surface area contributed by atoms with E-state index in [4.69, 9.17) is 5.73 Å². The number of carbonyl (C=O) groups excluding carboxylic acids is 3. The van der Waals surface area contributed by atoms with Crippen LogP contribution in [0.25, 0.3) is 10.2 Å². The second-order valence-corrected chi connectivity index (χ2v) is 8.17. The largest absolute Gasteiger partial charge is 0.397 e. The minimum Gasteiger partial charge on any atom is -0.397 e.